The van der Waals surface area contributed by atoms with Gasteiger partial charge in [0.1, 0.15) is 6.10 Å². The molecule has 27 heavy (non-hydrogen) atoms. The quantitative estimate of drug-likeness (QED) is 0.179. The van der Waals surface area contributed by atoms with E-state index in [1.165, 1.54) is 51.4 Å². The van der Waals surface area contributed by atoms with Gasteiger partial charge in [0, 0.05) is 0 Å². The summed E-state index contributed by atoms with van der Waals surface area (Å²) in [5, 5.41) is 9.41. The van der Waals surface area contributed by atoms with E-state index in [0.29, 0.717) is 5.92 Å². The second-order valence-corrected chi connectivity index (χ2v) is 9.26. The summed E-state index contributed by atoms with van der Waals surface area (Å²) in [6.07, 6.45) is 18.5. The van der Waals surface area contributed by atoms with Crippen molar-refractivity contribution in [2.24, 2.45) is 5.92 Å². The van der Waals surface area contributed by atoms with E-state index in [1.807, 2.05) is 13.0 Å². The third kappa shape index (κ3) is 12.4. The zero-order chi connectivity index (χ0) is 19.9. The van der Waals surface area contributed by atoms with Crippen molar-refractivity contribution in [3.05, 3.63) is 11.6 Å². The zero-order valence-corrected chi connectivity index (χ0v) is 18.4. The Morgan fingerprint density at radius 2 is 1.67 bits per heavy atom. The molecule has 1 saturated carbocycles. The summed E-state index contributed by atoms with van der Waals surface area (Å²) in [6, 6.07) is 0. The number of carbonyl (C=O) groups is 1. The molecule has 0 spiro atoms. The third-order valence-electron chi connectivity index (χ3n) is 5.42. The third-order valence-corrected chi connectivity index (χ3v) is 6.62. The maximum absolute atomic E-state index is 12.3. The summed E-state index contributed by atoms with van der Waals surface area (Å²) in [4.78, 5) is 11.5. The second kappa shape index (κ2) is 15.2. The molecular weight excluding hydrogens is 359 g/mol. The average molecular weight is 400 g/mol. The van der Waals surface area contributed by atoms with Gasteiger partial charge in [0.05, 0.1) is 5.57 Å². The van der Waals surface area contributed by atoms with E-state index in [-0.39, 0.29) is 17.8 Å². The molecule has 4 nitrogen and oxygen atoms in total. The first kappa shape index (κ1) is 24.3. The fourth-order valence-corrected chi connectivity index (χ4v) is 4.87. The number of rotatable bonds is 15. The van der Waals surface area contributed by atoms with Crippen LogP contribution >= 0.6 is 8.03 Å². The van der Waals surface area contributed by atoms with Gasteiger partial charge in [0.25, 0.3) is 0 Å². The Kier molecular flexibility index (Phi) is 13.7. The van der Waals surface area contributed by atoms with Crippen molar-refractivity contribution < 1.29 is 19.0 Å². The molecule has 2 atom stereocenters. The average Bonchev–Trinajstić information content (AvgIpc) is 2.64. The van der Waals surface area contributed by atoms with E-state index in [0.717, 1.165) is 38.5 Å². The van der Waals surface area contributed by atoms with Crippen LogP contribution in [0.5, 0.6) is 0 Å². The maximum atomic E-state index is 12.3. The molecular formula is C22H40O4P+. The highest BCUT2D eigenvalue weighted by Crippen LogP contribution is 2.32. The lowest BCUT2D eigenvalue weighted by atomic mass is 9.88. The first-order chi connectivity index (χ1) is 13.0. The van der Waals surface area contributed by atoms with E-state index < -0.39 is 14.0 Å². The van der Waals surface area contributed by atoms with Crippen molar-refractivity contribution >= 4 is 14.0 Å². The second-order valence-electron chi connectivity index (χ2n) is 8.07. The molecule has 0 aromatic carbocycles. The Balaban J connectivity index is 2.22. The van der Waals surface area contributed by atoms with Gasteiger partial charge < -0.3 is 5.11 Å². The number of hydrogen-bond donors (Lipinski definition) is 1. The number of aliphatic carboxylic acids is 1. The van der Waals surface area contributed by atoms with Crippen LogP contribution in [0.15, 0.2) is 11.6 Å². The van der Waals surface area contributed by atoms with E-state index in [9.17, 15) is 14.5 Å². The van der Waals surface area contributed by atoms with E-state index in [2.05, 4.69) is 6.92 Å². The van der Waals surface area contributed by atoms with Crippen molar-refractivity contribution in [1.82, 2.24) is 0 Å². The van der Waals surface area contributed by atoms with E-state index in [4.69, 9.17) is 4.52 Å². The molecule has 1 fully saturated rings. The van der Waals surface area contributed by atoms with Gasteiger partial charge in [-0.25, -0.2) is 4.79 Å². The maximum Gasteiger partial charge on any atom is 0.513 e. The lowest BCUT2D eigenvalue weighted by molar-refractivity contribution is -0.132. The van der Waals surface area contributed by atoms with Gasteiger partial charge in [0.2, 0.25) is 6.16 Å². The normalized spacial score (nSPS) is 17.7. The van der Waals surface area contributed by atoms with Crippen LogP contribution in [0, 0.1) is 5.92 Å². The number of hydrogen-bond acceptors (Lipinski definition) is 3. The molecule has 0 aromatic rings. The molecule has 2 unspecified atom stereocenters. The largest absolute Gasteiger partial charge is 0.513 e. The van der Waals surface area contributed by atoms with Crippen molar-refractivity contribution in [2.45, 2.75) is 110 Å². The highest BCUT2D eigenvalue weighted by molar-refractivity contribution is 7.39. The summed E-state index contributed by atoms with van der Waals surface area (Å²) in [6.45, 7) is 4.18. The Bertz CT molecular complexity index is 455. The SMILES string of the molecule is CCCCCCCCCCC(C)O[P+](=O)CC(=CC1CCCCC1)C(=O)O. The molecule has 1 aliphatic carbocycles. The first-order valence-corrected chi connectivity index (χ1v) is 12.4. The monoisotopic (exact) mass is 399 g/mol. The minimum absolute atomic E-state index is 0.0307. The molecule has 0 amide bonds. The predicted octanol–water partition coefficient (Wildman–Crippen LogP) is 7.26. The Morgan fingerprint density at radius 1 is 1.07 bits per heavy atom. The molecule has 1 aliphatic rings. The summed E-state index contributed by atoms with van der Waals surface area (Å²) < 4.78 is 17.9. The number of allylic oxidation sites excluding steroid dienone is 1. The van der Waals surface area contributed by atoms with Crippen molar-refractivity contribution in [1.29, 1.82) is 0 Å². The number of carboxylic acid groups (broad SMARTS) is 1. The number of carboxylic acids is 1. The lowest BCUT2D eigenvalue weighted by Crippen LogP contribution is -2.11. The van der Waals surface area contributed by atoms with Gasteiger partial charge in [-0.1, -0.05) is 83.6 Å². The van der Waals surface area contributed by atoms with Gasteiger partial charge in [-0.05, 0) is 36.7 Å². The molecule has 0 saturated heterocycles. The topological polar surface area (TPSA) is 63.6 Å². The Hall–Kier alpha value is -0.730. The highest BCUT2D eigenvalue weighted by atomic mass is 31.1. The van der Waals surface area contributed by atoms with Crippen LogP contribution in [-0.4, -0.2) is 23.3 Å². The smallest absolute Gasteiger partial charge is 0.478 e. The van der Waals surface area contributed by atoms with Gasteiger partial charge >= 0.3 is 14.0 Å². The Morgan fingerprint density at radius 3 is 2.26 bits per heavy atom. The highest BCUT2D eigenvalue weighted by Gasteiger charge is 2.28. The van der Waals surface area contributed by atoms with Crippen LogP contribution in [0.3, 0.4) is 0 Å². The molecule has 1 rings (SSSR count). The summed E-state index contributed by atoms with van der Waals surface area (Å²) in [5.41, 5.74) is 0.266. The summed E-state index contributed by atoms with van der Waals surface area (Å²) >= 11 is 0. The van der Waals surface area contributed by atoms with E-state index in [1.54, 1.807) is 0 Å². The van der Waals surface area contributed by atoms with Crippen LogP contribution in [0.1, 0.15) is 104 Å². The minimum atomic E-state index is -1.95. The standard InChI is InChI=1S/C22H39O4P/c1-3-4-5-6-7-8-9-11-14-19(2)26-27(25)18-21(22(23)24)17-20-15-12-10-13-16-20/h17,19-20H,3-16,18H2,1-2H3/p+1. The fraction of sp³-hybridized carbons (Fsp3) is 0.864. The molecule has 0 aliphatic heterocycles. The van der Waals surface area contributed by atoms with Crippen LogP contribution < -0.4 is 0 Å². The van der Waals surface area contributed by atoms with Crippen molar-refractivity contribution in [3.63, 3.8) is 0 Å². The summed E-state index contributed by atoms with van der Waals surface area (Å²) in [7, 11) is -1.95. The molecule has 5 heteroatoms. The molecule has 1 N–H and O–H groups in total. The Labute approximate surface area is 167 Å². The van der Waals surface area contributed by atoms with Gasteiger partial charge in [-0.2, -0.15) is 0 Å². The first-order valence-electron chi connectivity index (χ1n) is 11.1. The van der Waals surface area contributed by atoms with E-state index >= 15 is 0 Å². The lowest BCUT2D eigenvalue weighted by Gasteiger charge is -2.18. The molecule has 156 valence electrons. The molecule has 0 bridgehead atoms. The van der Waals surface area contributed by atoms with Crippen molar-refractivity contribution in [2.75, 3.05) is 6.16 Å². The zero-order valence-electron chi connectivity index (χ0n) is 17.5. The molecule has 0 aromatic heterocycles. The molecule has 0 heterocycles. The van der Waals surface area contributed by atoms with Crippen LogP contribution in [0.25, 0.3) is 0 Å². The van der Waals surface area contributed by atoms with Gasteiger partial charge in [-0.3, -0.25) is 0 Å². The fourth-order valence-electron chi connectivity index (χ4n) is 3.77. The number of unbranched alkanes of at least 4 members (excludes halogenated alkanes) is 7. The van der Waals surface area contributed by atoms with Crippen LogP contribution in [-0.2, 0) is 13.9 Å². The van der Waals surface area contributed by atoms with Crippen molar-refractivity contribution in [3.8, 4) is 0 Å². The van der Waals surface area contributed by atoms with Crippen LogP contribution in [0.4, 0.5) is 0 Å². The van der Waals surface area contributed by atoms with Crippen LogP contribution in [0.2, 0.25) is 0 Å². The summed E-state index contributed by atoms with van der Waals surface area (Å²) in [5.74, 6) is -0.633. The van der Waals surface area contributed by atoms with Gasteiger partial charge in [-0.15, -0.1) is 4.52 Å². The van der Waals surface area contributed by atoms with Gasteiger partial charge in [0.15, 0.2) is 0 Å². The minimum Gasteiger partial charge on any atom is -0.478 e. The predicted molar refractivity (Wildman–Crippen MR) is 113 cm³/mol. The molecule has 0 radical (unpaired) electrons.